The lowest BCUT2D eigenvalue weighted by Crippen LogP contribution is -2.25. The van der Waals surface area contributed by atoms with Gasteiger partial charge >= 0.3 is 0 Å². The normalized spacial score (nSPS) is 12.0. The van der Waals surface area contributed by atoms with Gasteiger partial charge in [0.2, 0.25) is 0 Å². The Bertz CT molecular complexity index is 131. The molecule has 0 radical (unpaired) electrons. The van der Waals surface area contributed by atoms with Gasteiger partial charge in [-0.1, -0.05) is 0 Å². The van der Waals surface area contributed by atoms with Crippen LogP contribution in [0.15, 0.2) is 0 Å². The molecule has 0 heterocycles. The second-order valence-electron chi connectivity index (χ2n) is 3.57. The zero-order chi connectivity index (χ0) is 10.9. The summed E-state index contributed by atoms with van der Waals surface area (Å²) in [5.41, 5.74) is 5.36. The third kappa shape index (κ3) is 8.81. The summed E-state index contributed by atoms with van der Waals surface area (Å²) in [6.07, 6.45) is 1.17. The molecule has 0 amide bonds. The zero-order valence-corrected chi connectivity index (χ0v) is 10.5. The lowest BCUT2D eigenvalue weighted by atomic mass is 10.4. The summed E-state index contributed by atoms with van der Waals surface area (Å²) < 4.78 is 5.58. The Kier molecular flexibility index (Phi) is 8.67. The number of nitrogens with one attached hydrogen (secondary N) is 1. The summed E-state index contributed by atoms with van der Waals surface area (Å²) in [4.78, 5) is -0.0391. The van der Waals surface area contributed by atoms with Gasteiger partial charge in [-0.2, -0.15) is 0 Å². The van der Waals surface area contributed by atoms with Crippen LogP contribution in [-0.2, 0) is 4.74 Å². The minimum Gasteiger partial charge on any atom is -0.365 e. The first-order chi connectivity index (χ1) is 6.62. The molecule has 0 aromatic rings. The van der Waals surface area contributed by atoms with E-state index in [1.807, 2.05) is 18.7 Å². The van der Waals surface area contributed by atoms with Crippen LogP contribution in [0, 0.1) is 0 Å². The van der Waals surface area contributed by atoms with Crippen molar-refractivity contribution in [3.63, 3.8) is 0 Å². The second-order valence-corrected chi connectivity index (χ2v) is 5.25. The maximum atomic E-state index is 5.58. The van der Waals surface area contributed by atoms with Gasteiger partial charge in [-0.15, -0.1) is 11.8 Å². The summed E-state index contributed by atoms with van der Waals surface area (Å²) in [7, 11) is 0. The molecule has 0 rings (SSSR count). The van der Waals surface area contributed by atoms with Crippen molar-refractivity contribution in [1.82, 2.24) is 5.32 Å². The van der Waals surface area contributed by atoms with Crippen LogP contribution >= 0.6 is 11.8 Å². The largest absolute Gasteiger partial charge is 0.365 e. The van der Waals surface area contributed by atoms with E-state index < -0.39 is 0 Å². The third-order valence-corrected chi connectivity index (χ3v) is 3.07. The molecule has 3 N–H and O–H groups in total. The van der Waals surface area contributed by atoms with Crippen molar-refractivity contribution in [2.24, 2.45) is 5.73 Å². The molecule has 86 valence electrons. The van der Waals surface area contributed by atoms with E-state index in [-0.39, 0.29) is 4.93 Å². The van der Waals surface area contributed by atoms with Crippen LogP contribution in [0.4, 0.5) is 0 Å². The smallest absolute Gasteiger partial charge is 0.108 e. The van der Waals surface area contributed by atoms with Crippen LogP contribution < -0.4 is 11.1 Å². The Hall–Kier alpha value is 0.230. The fraction of sp³-hybridized carbons (Fsp3) is 1.00. The highest BCUT2D eigenvalue weighted by Crippen LogP contribution is 2.25. The van der Waals surface area contributed by atoms with Crippen molar-refractivity contribution in [3.05, 3.63) is 0 Å². The van der Waals surface area contributed by atoms with Gasteiger partial charge in [-0.05, 0) is 39.5 Å². The van der Waals surface area contributed by atoms with Gasteiger partial charge in [0.05, 0.1) is 0 Å². The lowest BCUT2D eigenvalue weighted by molar-refractivity contribution is 0.0625. The highest BCUT2D eigenvalue weighted by molar-refractivity contribution is 8.00. The fourth-order valence-electron chi connectivity index (χ4n) is 1.13. The summed E-state index contributed by atoms with van der Waals surface area (Å²) in [6.45, 7) is 9.74. The Balaban J connectivity index is 3.26. The Morgan fingerprint density at radius 3 is 2.64 bits per heavy atom. The van der Waals surface area contributed by atoms with Crippen molar-refractivity contribution in [3.8, 4) is 0 Å². The van der Waals surface area contributed by atoms with Crippen LogP contribution in [0.3, 0.4) is 0 Å². The number of nitrogens with two attached hydrogens (primary N) is 1. The topological polar surface area (TPSA) is 47.3 Å². The first-order valence-corrected chi connectivity index (χ1v) is 6.29. The molecule has 0 unspecified atom stereocenters. The predicted molar refractivity (Wildman–Crippen MR) is 64.7 cm³/mol. The van der Waals surface area contributed by atoms with Gasteiger partial charge in [-0.3, -0.25) is 0 Å². The van der Waals surface area contributed by atoms with Gasteiger partial charge in [0.15, 0.2) is 0 Å². The van der Waals surface area contributed by atoms with Gasteiger partial charge in [0.25, 0.3) is 0 Å². The molecule has 0 aliphatic rings. The SMILES string of the molecule is CCOC(C)(C)SCCCNCCN. The molecule has 0 aliphatic heterocycles. The monoisotopic (exact) mass is 220 g/mol. The molecular formula is C10H24N2OS. The van der Waals surface area contributed by atoms with Crippen LogP contribution in [0.2, 0.25) is 0 Å². The fourth-order valence-corrected chi connectivity index (χ4v) is 2.11. The average Bonchev–Trinajstić information content (AvgIpc) is 2.11. The Morgan fingerprint density at radius 2 is 2.07 bits per heavy atom. The quantitative estimate of drug-likeness (QED) is 0.456. The van der Waals surface area contributed by atoms with Gasteiger partial charge in [0, 0.05) is 19.7 Å². The second kappa shape index (κ2) is 8.53. The summed E-state index contributed by atoms with van der Waals surface area (Å²) in [6, 6.07) is 0. The number of hydrogen-bond acceptors (Lipinski definition) is 4. The zero-order valence-electron chi connectivity index (χ0n) is 9.64. The minimum atomic E-state index is -0.0391. The molecular weight excluding hydrogens is 196 g/mol. The van der Waals surface area contributed by atoms with E-state index in [1.165, 1.54) is 6.42 Å². The standard InChI is InChI=1S/C10H24N2OS/c1-4-13-10(2,3)14-9-5-7-12-8-6-11/h12H,4-9,11H2,1-3H3. The average molecular weight is 220 g/mol. The third-order valence-electron chi connectivity index (χ3n) is 1.76. The summed E-state index contributed by atoms with van der Waals surface area (Å²) >= 11 is 1.87. The number of rotatable bonds is 9. The molecule has 0 saturated carbocycles. The molecule has 4 heteroatoms. The van der Waals surface area contributed by atoms with E-state index in [4.69, 9.17) is 10.5 Å². The Morgan fingerprint density at radius 1 is 1.36 bits per heavy atom. The van der Waals surface area contributed by atoms with Crippen LogP contribution in [0.5, 0.6) is 0 Å². The summed E-state index contributed by atoms with van der Waals surface area (Å²) in [5, 5.41) is 3.27. The maximum Gasteiger partial charge on any atom is 0.108 e. The molecule has 0 atom stereocenters. The molecule has 0 bridgehead atoms. The highest BCUT2D eigenvalue weighted by atomic mass is 32.2. The number of ether oxygens (including phenoxy) is 1. The predicted octanol–water partition coefficient (Wildman–Crippen LogP) is 1.43. The van der Waals surface area contributed by atoms with E-state index in [1.54, 1.807) is 0 Å². The van der Waals surface area contributed by atoms with Crippen molar-refractivity contribution < 1.29 is 4.74 Å². The van der Waals surface area contributed by atoms with Gasteiger partial charge in [0.1, 0.15) is 4.93 Å². The van der Waals surface area contributed by atoms with E-state index in [0.717, 1.165) is 32.0 Å². The van der Waals surface area contributed by atoms with Crippen LogP contribution in [0.25, 0.3) is 0 Å². The van der Waals surface area contributed by atoms with Crippen molar-refractivity contribution >= 4 is 11.8 Å². The first-order valence-electron chi connectivity index (χ1n) is 5.31. The highest BCUT2D eigenvalue weighted by Gasteiger charge is 2.16. The van der Waals surface area contributed by atoms with Gasteiger partial charge < -0.3 is 15.8 Å². The van der Waals surface area contributed by atoms with Crippen LogP contribution in [0.1, 0.15) is 27.2 Å². The van der Waals surface area contributed by atoms with E-state index >= 15 is 0 Å². The lowest BCUT2D eigenvalue weighted by Gasteiger charge is -2.23. The van der Waals surface area contributed by atoms with Gasteiger partial charge in [-0.25, -0.2) is 0 Å². The summed E-state index contributed by atoms with van der Waals surface area (Å²) in [5.74, 6) is 1.13. The molecule has 0 aliphatic carbocycles. The molecule has 0 aromatic heterocycles. The minimum absolute atomic E-state index is 0.0391. The van der Waals surface area contributed by atoms with E-state index in [9.17, 15) is 0 Å². The molecule has 0 saturated heterocycles. The van der Waals surface area contributed by atoms with E-state index in [0.29, 0.717) is 0 Å². The van der Waals surface area contributed by atoms with E-state index in [2.05, 4.69) is 19.2 Å². The number of thioether (sulfide) groups is 1. The van der Waals surface area contributed by atoms with Crippen LogP contribution in [-0.4, -0.2) is 36.9 Å². The first kappa shape index (κ1) is 14.2. The maximum absolute atomic E-state index is 5.58. The Labute approximate surface area is 92.2 Å². The molecule has 0 spiro atoms. The number of hydrogen-bond donors (Lipinski definition) is 2. The molecule has 0 fully saturated rings. The van der Waals surface area contributed by atoms with Crippen molar-refractivity contribution in [2.75, 3.05) is 32.0 Å². The van der Waals surface area contributed by atoms with Crippen molar-refractivity contribution in [2.45, 2.75) is 32.1 Å². The molecule has 0 aromatic carbocycles. The molecule has 14 heavy (non-hydrogen) atoms. The molecule has 3 nitrogen and oxygen atoms in total. The van der Waals surface area contributed by atoms with Crippen molar-refractivity contribution in [1.29, 1.82) is 0 Å².